The Kier molecular flexibility index (Phi) is 6.57. The first-order valence-corrected chi connectivity index (χ1v) is 6.45. The molecule has 106 valence electrons. The first-order valence-electron chi connectivity index (χ1n) is 6.45. The van der Waals surface area contributed by atoms with Crippen molar-refractivity contribution in [3.63, 3.8) is 0 Å². The van der Waals surface area contributed by atoms with Crippen molar-refractivity contribution in [2.75, 3.05) is 6.54 Å². The summed E-state index contributed by atoms with van der Waals surface area (Å²) in [4.78, 5) is 14.0. The van der Waals surface area contributed by atoms with Gasteiger partial charge < -0.3 is 15.4 Å². The van der Waals surface area contributed by atoms with Gasteiger partial charge in [-0.3, -0.25) is 4.79 Å². The number of rotatable bonds is 6. The number of carbonyl (C=O) groups excluding carboxylic acids is 1. The summed E-state index contributed by atoms with van der Waals surface area (Å²) in [6, 6.07) is -0.546. The van der Waals surface area contributed by atoms with Crippen LogP contribution in [0.1, 0.15) is 41.5 Å². The van der Waals surface area contributed by atoms with Crippen LogP contribution in [0.3, 0.4) is 0 Å². The van der Waals surface area contributed by atoms with Crippen LogP contribution in [0, 0.1) is 0 Å². The third-order valence-corrected chi connectivity index (χ3v) is 2.56. The average Bonchev–Trinajstić information content (AvgIpc) is 2.21. The van der Waals surface area contributed by atoms with Crippen molar-refractivity contribution < 1.29 is 9.53 Å². The molecule has 18 heavy (non-hydrogen) atoms. The van der Waals surface area contributed by atoms with Crippen molar-refractivity contribution >= 4 is 5.91 Å². The van der Waals surface area contributed by atoms with E-state index in [1.54, 1.807) is 11.0 Å². The number of nitrogens with two attached hydrogens (primary N) is 1. The summed E-state index contributed by atoms with van der Waals surface area (Å²) in [5.41, 5.74) is 5.68. The van der Waals surface area contributed by atoms with Gasteiger partial charge in [-0.05, 0) is 41.5 Å². The molecule has 0 aliphatic heterocycles. The fourth-order valence-electron chi connectivity index (χ4n) is 1.72. The molecule has 0 aromatic heterocycles. The molecule has 0 heterocycles. The van der Waals surface area contributed by atoms with Crippen molar-refractivity contribution in [2.24, 2.45) is 5.73 Å². The Morgan fingerprint density at radius 3 is 2.22 bits per heavy atom. The van der Waals surface area contributed by atoms with Gasteiger partial charge in [-0.15, -0.1) is 6.58 Å². The van der Waals surface area contributed by atoms with Crippen LogP contribution in [0.4, 0.5) is 0 Å². The molecule has 0 aliphatic rings. The van der Waals surface area contributed by atoms with E-state index in [0.29, 0.717) is 6.54 Å². The predicted octanol–water partition coefficient (Wildman–Crippen LogP) is 1.94. The lowest BCUT2D eigenvalue weighted by Gasteiger charge is -2.33. The third kappa shape index (κ3) is 5.65. The second kappa shape index (κ2) is 6.90. The lowest BCUT2D eigenvalue weighted by molar-refractivity contribution is -0.140. The molecule has 0 spiro atoms. The predicted molar refractivity (Wildman–Crippen MR) is 75.3 cm³/mol. The molecule has 2 N–H and O–H groups in total. The smallest absolute Gasteiger partial charge is 0.242 e. The quantitative estimate of drug-likeness (QED) is 0.739. The molecular weight excluding hydrogens is 228 g/mol. The Morgan fingerprint density at radius 1 is 1.39 bits per heavy atom. The van der Waals surface area contributed by atoms with Crippen LogP contribution in [0.2, 0.25) is 0 Å². The van der Waals surface area contributed by atoms with Crippen molar-refractivity contribution in [3.8, 4) is 0 Å². The highest BCUT2D eigenvalue weighted by Crippen LogP contribution is 2.14. The van der Waals surface area contributed by atoms with Crippen LogP contribution >= 0.6 is 0 Å². The molecule has 0 aromatic rings. The molecule has 0 bridgehead atoms. The van der Waals surface area contributed by atoms with E-state index in [1.165, 1.54) is 0 Å². The highest BCUT2D eigenvalue weighted by molar-refractivity contribution is 5.82. The van der Waals surface area contributed by atoms with E-state index in [0.717, 1.165) is 0 Å². The highest BCUT2D eigenvalue weighted by atomic mass is 16.5. The fourth-order valence-corrected chi connectivity index (χ4v) is 1.72. The van der Waals surface area contributed by atoms with Gasteiger partial charge in [0, 0.05) is 12.6 Å². The van der Waals surface area contributed by atoms with E-state index in [-0.39, 0.29) is 23.7 Å². The average molecular weight is 256 g/mol. The largest absolute Gasteiger partial charge is 0.371 e. The molecule has 0 rings (SSSR count). The van der Waals surface area contributed by atoms with Gasteiger partial charge in [-0.25, -0.2) is 0 Å². The van der Waals surface area contributed by atoms with E-state index in [9.17, 15) is 4.79 Å². The molecule has 0 unspecified atom stereocenters. The Morgan fingerprint density at radius 2 is 1.89 bits per heavy atom. The molecule has 4 nitrogen and oxygen atoms in total. The molecule has 0 aromatic carbocycles. The minimum atomic E-state index is -0.647. The summed E-state index contributed by atoms with van der Waals surface area (Å²) < 4.78 is 5.73. The second-order valence-corrected chi connectivity index (χ2v) is 5.83. The summed E-state index contributed by atoms with van der Waals surface area (Å²) in [5.74, 6) is -0.0957. The van der Waals surface area contributed by atoms with Gasteiger partial charge >= 0.3 is 0 Å². The van der Waals surface area contributed by atoms with E-state index in [2.05, 4.69) is 6.58 Å². The van der Waals surface area contributed by atoms with Gasteiger partial charge in [0.1, 0.15) is 6.04 Å². The molecular formula is C14H28N2O2. The summed E-state index contributed by atoms with van der Waals surface area (Å²) in [5, 5.41) is 0. The molecule has 1 amide bonds. The zero-order valence-electron chi connectivity index (χ0n) is 12.6. The number of ether oxygens (including phenoxy) is 1. The van der Waals surface area contributed by atoms with Gasteiger partial charge in [-0.1, -0.05) is 6.08 Å². The number of amides is 1. The Hall–Kier alpha value is -0.870. The van der Waals surface area contributed by atoms with Crippen molar-refractivity contribution in [1.29, 1.82) is 0 Å². The number of nitrogens with zero attached hydrogens (tertiary/aromatic N) is 1. The first-order chi connectivity index (χ1) is 8.10. The maximum Gasteiger partial charge on any atom is 0.242 e. The second-order valence-electron chi connectivity index (χ2n) is 5.83. The Balaban J connectivity index is 4.69. The summed E-state index contributed by atoms with van der Waals surface area (Å²) in [7, 11) is 0. The van der Waals surface area contributed by atoms with Gasteiger partial charge in [0.2, 0.25) is 5.91 Å². The summed E-state index contributed by atoms with van der Waals surface area (Å²) >= 11 is 0. The van der Waals surface area contributed by atoms with Gasteiger partial charge in [-0.2, -0.15) is 0 Å². The van der Waals surface area contributed by atoms with Crippen LogP contribution in [0.5, 0.6) is 0 Å². The van der Waals surface area contributed by atoms with Crippen molar-refractivity contribution in [2.45, 2.75) is 65.3 Å². The van der Waals surface area contributed by atoms with E-state index in [1.807, 2.05) is 41.5 Å². The number of hydrogen-bond acceptors (Lipinski definition) is 3. The summed E-state index contributed by atoms with van der Waals surface area (Å²) in [6.07, 6.45) is 1.39. The molecule has 0 saturated heterocycles. The lowest BCUT2D eigenvalue weighted by atomic mass is 10.1. The van der Waals surface area contributed by atoms with Gasteiger partial charge in [0.05, 0.1) is 11.7 Å². The van der Waals surface area contributed by atoms with Gasteiger partial charge in [0.25, 0.3) is 0 Å². The number of carbonyl (C=O) groups is 1. The topological polar surface area (TPSA) is 55.6 Å². The van der Waals surface area contributed by atoms with Crippen molar-refractivity contribution in [1.82, 2.24) is 4.90 Å². The SMILES string of the molecule is C=CCN(C(=O)[C@@H](N)[C@@H](C)OC(C)(C)C)C(C)C. The standard InChI is InChI=1S/C14H28N2O2/c1-8-9-16(10(2)3)13(17)12(15)11(4)18-14(5,6)7/h8,10-12H,1,9,15H2,2-7H3/t11-,12+/m1/s1. The number of hydrogen-bond donors (Lipinski definition) is 1. The van der Waals surface area contributed by atoms with Crippen LogP contribution in [0.15, 0.2) is 12.7 Å². The molecule has 0 saturated carbocycles. The Labute approximate surface area is 111 Å². The third-order valence-electron chi connectivity index (χ3n) is 2.56. The fraction of sp³-hybridized carbons (Fsp3) is 0.786. The van der Waals surface area contributed by atoms with E-state index < -0.39 is 6.04 Å². The molecule has 4 heteroatoms. The highest BCUT2D eigenvalue weighted by Gasteiger charge is 2.29. The summed E-state index contributed by atoms with van der Waals surface area (Å²) in [6.45, 7) is 15.8. The van der Waals surface area contributed by atoms with Crippen LogP contribution in [-0.4, -0.2) is 41.1 Å². The normalized spacial score (nSPS) is 15.3. The molecule has 0 fully saturated rings. The molecule has 2 atom stereocenters. The minimum Gasteiger partial charge on any atom is -0.371 e. The van der Waals surface area contributed by atoms with Crippen LogP contribution < -0.4 is 5.73 Å². The van der Waals surface area contributed by atoms with E-state index in [4.69, 9.17) is 10.5 Å². The Bertz CT molecular complexity index is 282. The minimum absolute atomic E-state index is 0.0957. The maximum absolute atomic E-state index is 12.3. The maximum atomic E-state index is 12.3. The van der Waals surface area contributed by atoms with Crippen LogP contribution in [-0.2, 0) is 9.53 Å². The zero-order chi connectivity index (χ0) is 14.5. The molecule has 0 radical (unpaired) electrons. The van der Waals surface area contributed by atoms with E-state index >= 15 is 0 Å². The first kappa shape index (κ1) is 17.1. The monoisotopic (exact) mass is 256 g/mol. The zero-order valence-corrected chi connectivity index (χ0v) is 12.6. The van der Waals surface area contributed by atoms with Gasteiger partial charge in [0.15, 0.2) is 0 Å². The van der Waals surface area contributed by atoms with Crippen molar-refractivity contribution in [3.05, 3.63) is 12.7 Å². The van der Waals surface area contributed by atoms with Crippen LogP contribution in [0.25, 0.3) is 0 Å². The molecule has 0 aliphatic carbocycles. The lowest BCUT2D eigenvalue weighted by Crippen LogP contribution is -2.53.